The molecule has 0 aromatic heterocycles. The van der Waals surface area contributed by atoms with Crippen LogP contribution in [0.15, 0.2) is 0 Å². The molecule has 5 heteroatoms. The van der Waals surface area contributed by atoms with Crippen LogP contribution in [-0.4, -0.2) is 48.6 Å². The minimum Gasteiger partial charge on any atom is -0.480 e. The lowest BCUT2D eigenvalue weighted by atomic mass is 10.1. The fraction of sp³-hybridized carbons (Fsp3) is 0.778. The normalized spacial score (nSPS) is 14.9. The summed E-state index contributed by atoms with van der Waals surface area (Å²) < 4.78 is 0. The van der Waals surface area contributed by atoms with Gasteiger partial charge < -0.3 is 10.4 Å². The van der Waals surface area contributed by atoms with Crippen molar-refractivity contribution in [1.82, 2.24) is 10.2 Å². The van der Waals surface area contributed by atoms with E-state index in [0.29, 0.717) is 6.54 Å². The van der Waals surface area contributed by atoms with Crippen molar-refractivity contribution in [2.75, 3.05) is 20.6 Å². The average Bonchev–Trinajstić information content (AvgIpc) is 2.14. The number of carbonyl (C=O) groups excluding carboxylic acids is 1. The second-order valence-corrected chi connectivity index (χ2v) is 3.47. The highest BCUT2D eigenvalue weighted by atomic mass is 16.4. The zero-order valence-electron chi connectivity index (χ0n) is 9.07. The minimum atomic E-state index is -0.878. The van der Waals surface area contributed by atoms with Gasteiger partial charge in [0.05, 0.1) is 0 Å². The van der Waals surface area contributed by atoms with Crippen LogP contribution in [0.1, 0.15) is 13.8 Å². The largest absolute Gasteiger partial charge is 0.480 e. The first kappa shape index (κ1) is 12.9. The van der Waals surface area contributed by atoms with E-state index in [0.717, 1.165) is 0 Å². The molecular formula is C9H18N2O3. The van der Waals surface area contributed by atoms with Crippen LogP contribution in [-0.2, 0) is 9.59 Å². The highest BCUT2D eigenvalue weighted by Gasteiger charge is 2.21. The maximum absolute atomic E-state index is 11.2. The summed E-state index contributed by atoms with van der Waals surface area (Å²) in [6.07, 6.45) is 0. The third-order valence-corrected chi connectivity index (χ3v) is 2.27. The van der Waals surface area contributed by atoms with E-state index in [-0.39, 0.29) is 11.8 Å². The van der Waals surface area contributed by atoms with Crippen LogP contribution >= 0.6 is 0 Å². The summed E-state index contributed by atoms with van der Waals surface area (Å²) in [7, 11) is 3.26. The number of carboxylic acids is 1. The molecule has 0 aromatic rings. The predicted molar refractivity (Wildman–Crippen MR) is 53.0 cm³/mol. The Labute approximate surface area is 84.1 Å². The Morgan fingerprint density at radius 2 is 1.93 bits per heavy atom. The number of carbonyl (C=O) groups is 2. The van der Waals surface area contributed by atoms with Crippen molar-refractivity contribution < 1.29 is 14.7 Å². The van der Waals surface area contributed by atoms with Gasteiger partial charge in [0.2, 0.25) is 5.91 Å². The van der Waals surface area contributed by atoms with Gasteiger partial charge in [0.25, 0.3) is 0 Å². The van der Waals surface area contributed by atoms with Crippen LogP contribution in [0, 0.1) is 5.92 Å². The summed E-state index contributed by atoms with van der Waals surface area (Å²) in [6, 6.07) is -0.567. The number of aliphatic carboxylic acids is 1. The lowest BCUT2D eigenvalue weighted by Crippen LogP contribution is -2.41. The average molecular weight is 202 g/mol. The Morgan fingerprint density at radius 1 is 1.43 bits per heavy atom. The number of nitrogens with zero attached hydrogens (tertiary/aromatic N) is 1. The van der Waals surface area contributed by atoms with E-state index in [4.69, 9.17) is 5.11 Å². The van der Waals surface area contributed by atoms with Crippen molar-refractivity contribution in [2.45, 2.75) is 19.9 Å². The molecule has 0 rings (SSSR count). The zero-order chi connectivity index (χ0) is 11.3. The maximum atomic E-state index is 11.2. The Bertz CT molecular complexity index is 218. The number of amides is 1. The number of hydrogen-bond acceptors (Lipinski definition) is 3. The third kappa shape index (κ3) is 3.74. The standard InChI is InChI=1S/C9H18N2O3/c1-6(8(12)10-3)5-11(4)7(2)9(13)14/h6-7H,5H2,1-4H3,(H,10,12)(H,13,14). The smallest absolute Gasteiger partial charge is 0.320 e. The molecule has 0 heterocycles. The van der Waals surface area contributed by atoms with E-state index >= 15 is 0 Å². The summed E-state index contributed by atoms with van der Waals surface area (Å²) >= 11 is 0. The number of likely N-dealkylation sites (N-methyl/N-ethyl adjacent to an activating group) is 1. The van der Waals surface area contributed by atoms with Crippen LogP contribution < -0.4 is 5.32 Å². The third-order valence-electron chi connectivity index (χ3n) is 2.27. The molecule has 0 bridgehead atoms. The summed E-state index contributed by atoms with van der Waals surface area (Å²) in [4.78, 5) is 23.4. The topological polar surface area (TPSA) is 69.6 Å². The molecule has 5 nitrogen and oxygen atoms in total. The second kappa shape index (κ2) is 5.59. The van der Waals surface area contributed by atoms with Crippen LogP contribution in [0.4, 0.5) is 0 Å². The summed E-state index contributed by atoms with van der Waals surface area (Å²) in [6.45, 7) is 3.80. The van der Waals surface area contributed by atoms with E-state index < -0.39 is 12.0 Å². The molecule has 0 saturated carbocycles. The molecule has 1 amide bonds. The molecule has 0 aliphatic rings. The van der Waals surface area contributed by atoms with Crippen molar-refractivity contribution in [3.63, 3.8) is 0 Å². The van der Waals surface area contributed by atoms with Gasteiger partial charge in [-0.05, 0) is 14.0 Å². The summed E-state index contributed by atoms with van der Waals surface area (Å²) in [5.74, 6) is -1.15. The lowest BCUT2D eigenvalue weighted by molar-refractivity contribution is -0.142. The monoisotopic (exact) mass is 202 g/mol. The molecule has 0 aromatic carbocycles. The van der Waals surface area contributed by atoms with Crippen LogP contribution in [0.2, 0.25) is 0 Å². The second-order valence-electron chi connectivity index (χ2n) is 3.47. The van der Waals surface area contributed by atoms with E-state index in [1.54, 1.807) is 32.8 Å². The maximum Gasteiger partial charge on any atom is 0.320 e. The Morgan fingerprint density at radius 3 is 2.29 bits per heavy atom. The van der Waals surface area contributed by atoms with Gasteiger partial charge in [-0.3, -0.25) is 14.5 Å². The fourth-order valence-corrected chi connectivity index (χ4v) is 1.11. The van der Waals surface area contributed by atoms with E-state index in [9.17, 15) is 9.59 Å². The van der Waals surface area contributed by atoms with E-state index in [2.05, 4.69) is 5.32 Å². The Hall–Kier alpha value is -1.10. The van der Waals surface area contributed by atoms with Crippen molar-refractivity contribution in [3.05, 3.63) is 0 Å². The quantitative estimate of drug-likeness (QED) is 0.646. The van der Waals surface area contributed by atoms with Gasteiger partial charge in [-0.25, -0.2) is 0 Å². The van der Waals surface area contributed by atoms with Gasteiger partial charge in [-0.1, -0.05) is 6.92 Å². The first-order valence-electron chi connectivity index (χ1n) is 4.54. The molecule has 82 valence electrons. The van der Waals surface area contributed by atoms with Gasteiger partial charge >= 0.3 is 5.97 Å². The van der Waals surface area contributed by atoms with Crippen molar-refractivity contribution in [1.29, 1.82) is 0 Å². The van der Waals surface area contributed by atoms with Gasteiger partial charge in [0.15, 0.2) is 0 Å². The number of carboxylic acid groups (broad SMARTS) is 1. The lowest BCUT2D eigenvalue weighted by Gasteiger charge is -2.23. The summed E-state index contributed by atoms with van der Waals surface area (Å²) in [5.41, 5.74) is 0. The number of nitrogens with one attached hydrogen (secondary N) is 1. The highest BCUT2D eigenvalue weighted by molar-refractivity contribution is 5.78. The Kier molecular flexibility index (Phi) is 5.15. The van der Waals surface area contributed by atoms with Crippen molar-refractivity contribution in [2.24, 2.45) is 5.92 Å². The molecule has 0 spiro atoms. The molecule has 0 aliphatic heterocycles. The first-order valence-corrected chi connectivity index (χ1v) is 4.54. The van der Waals surface area contributed by atoms with Gasteiger partial charge in [-0.15, -0.1) is 0 Å². The minimum absolute atomic E-state index is 0.0746. The predicted octanol–water partition coefficient (Wildman–Crippen LogP) is -0.227. The first-order chi connectivity index (χ1) is 6.40. The number of rotatable bonds is 5. The van der Waals surface area contributed by atoms with Crippen LogP contribution in [0.25, 0.3) is 0 Å². The van der Waals surface area contributed by atoms with Crippen LogP contribution in [0.3, 0.4) is 0 Å². The molecule has 0 fully saturated rings. The zero-order valence-corrected chi connectivity index (χ0v) is 9.07. The van der Waals surface area contributed by atoms with Gasteiger partial charge in [0, 0.05) is 19.5 Å². The van der Waals surface area contributed by atoms with Gasteiger partial charge in [-0.2, -0.15) is 0 Å². The molecular weight excluding hydrogens is 184 g/mol. The van der Waals surface area contributed by atoms with E-state index in [1.807, 2.05) is 0 Å². The molecule has 14 heavy (non-hydrogen) atoms. The van der Waals surface area contributed by atoms with Crippen molar-refractivity contribution >= 4 is 11.9 Å². The van der Waals surface area contributed by atoms with Gasteiger partial charge in [0.1, 0.15) is 6.04 Å². The molecule has 2 atom stereocenters. The fourth-order valence-electron chi connectivity index (χ4n) is 1.11. The van der Waals surface area contributed by atoms with Crippen LogP contribution in [0.5, 0.6) is 0 Å². The molecule has 0 saturated heterocycles. The summed E-state index contributed by atoms with van der Waals surface area (Å²) in [5, 5.41) is 11.2. The molecule has 2 unspecified atom stereocenters. The molecule has 0 radical (unpaired) electrons. The Balaban J connectivity index is 4.11. The molecule has 0 aliphatic carbocycles. The van der Waals surface area contributed by atoms with E-state index in [1.165, 1.54) is 0 Å². The number of hydrogen-bond donors (Lipinski definition) is 2. The van der Waals surface area contributed by atoms with Crippen molar-refractivity contribution in [3.8, 4) is 0 Å². The SMILES string of the molecule is CNC(=O)C(C)CN(C)C(C)C(=O)O. The highest BCUT2D eigenvalue weighted by Crippen LogP contribution is 2.02. The molecule has 2 N–H and O–H groups in total.